The Kier molecular flexibility index (Phi) is 8.06. The van der Waals surface area contributed by atoms with Crippen LogP contribution in [0, 0.1) is 0 Å². The van der Waals surface area contributed by atoms with E-state index in [2.05, 4.69) is 9.62 Å². The van der Waals surface area contributed by atoms with E-state index in [0.717, 1.165) is 58.5 Å². The molecule has 8 nitrogen and oxygen atoms in total. The van der Waals surface area contributed by atoms with Crippen LogP contribution >= 0.6 is 0 Å². The van der Waals surface area contributed by atoms with Gasteiger partial charge in [0.25, 0.3) is 0 Å². The van der Waals surface area contributed by atoms with Crippen molar-refractivity contribution >= 4 is 20.0 Å². The molecule has 29 heavy (non-hydrogen) atoms. The van der Waals surface area contributed by atoms with Gasteiger partial charge in [-0.2, -0.15) is 4.31 Å². The van der Waals surface area contributed by atoms with Crippen molar-refractivity contribution in [1.82, 2.24) is 13.9 Å². The van der Waals surface area contributed by atoms with Crippen molar-refractivity contribution in [3.63, 3.8) is 0 Å². The molecule has 0 aliphatic carbocycles. The van der Waals surface area contributed by atoms with Gasteiger partial charge in [0.2, 0.25) is 20.0 Å². The first-order valence-corrected chi connectivity index (χ1v) is 13.2. The summed E-state index contributed by atoms with van der Waals surface area (Å²) in [5.74, 6) is 0. The molecule has 2 aliphatic heterocycles. The van der Waals surface area contributed by atoms with Crippen LogP contribution in [-0.4, -0.2) is 78.5 Å². The molecule has 0 atom stereocenters. The minimum Gasteiger partial charge on any atom is -0.379 e. The van der Waals surface area contributed by atoms with Crippen LogP contribution in [0.3, 0.4) is 0 Å². The largest absolute Gasteiger partial charge is 0.379 e. The molecule has 1 aromatic rings. The monoisotopic (exact) mass is 445 g/mol. The molecule has 0 unspecified atom stereocenters. The molecule has 2 heterocycles. The third-order valence-corrected chi connectivity index (χ3v) is 8.77. The highest BCUT2D eigenvalue weighted by molar-refractivity contribution is 7.89. The average Bonchev–Trinajstić information content (AvgIpc) is 3.02. The maximum atomic E-state index is 12.8. The lowest BCUT2D eigenvalue weighted by Gasteiger charge is -2.26. The van der Waals surface area contributed by atoms with Crippen molar-refractivity contribution in [3.05, 3.63) is 24.3 Å². The van der Waals surface area contributed by atoms with E-state index in [0.29, 0.717) is 26.1 Å². The topological polar surface area (TPSA) is 96.0 Å². The van der Waals surface area contributed by atoms with Crippen LogP contribution in [0.5, 0.6) is 0 Å². The fourth-order valence-corrected chi connectivity index (χ4v) is 6.23. The minimum atomic E-state index is -3.66. The summed E-state index contributed by atoms with van der Waals surface area (Å²) >= 11 is 0. The minimum absolute atomic E-state index is 0.0821. The van der Waals surface area contributed by atoms with Crippen LogP contribution in [0.15, 0.2) is 34.1 Å². The standard InChI is InChI=1S/C19H31N3O5S2/c23-28(24,20-10-5-11-21-14-16-27-17-15-21)18-6-8-19(9-7-18)29(25,26)22-12-3-1-2-4-13-22/h6-9,20H,1-5,10-17H2. The Hall–Kier alpha value is -1.04. The summed E-state index contributed by atoms with van der Waals surface area (Å²) in [6.45, 7) is 5.39. The number of morpholine rings is 1. The zero-order valence-corrected chi connectivity index (χ0v) is 18.4. The number of nitrogens with one attached hydrogen (secondary N) is 1. The zero-order chi connectivity index (χ0) is 20.7. The van der Waals surface area contributed by atoms with Gasteiger partial charge in [-0.1, -0.05) is 12.8 Å². The molecule has 0 saturated carbocycles. The van der Waals surface area contributed by atoms with Gasteiger partial charge in [-0.25, -0.2) is 21.6 Å². The summed E-state index contributed by atoms with van der Waals surface area (Å²) in [6.07, 6.45) is 4.52. The summed E-state index contributed by atoms with van der Waals surface area (Å²) in [7, 11) is -7.24. The summed E-state index contributed by atoms with van der Waals surface area (Å²) in [4.78, 5) is 2.48. The van der Waals surface area contributed by atoms with Gasteiger partial charge in [0.1, 0.15) is 0 Å². The summed E-state index contributed by atoms with van der Waals surface area (Å²) in [6, 6.07) is 5.52. The van der Waals surface area contributed by atoms with Gasteiger partial charge < -0.3 is 4.74 Å². The van der Waals surface area contributed by atoms with E-state index < -0.39 is 20.0 Å². The molecule has 0 bridgehead atoms. The highest BCUT2D eigenvalue weighted by atomic mass is 32.2. The quantitative estimate of drug-likeness (QED) is 0.605. The smallest absolute Gasteiger partial charge is 0.243 e. The van der Waals surface area contributed by atoms with Crippen molar-refractivity contribution in [3.8, 4) is 0 Å². The highest BCUT2D eigenvalue weighted by Gasteiger charge is 2.25. The molecular weight excluding hydrogens is 414 g/mol. The van der Waals surface area contributed by atoms with E-state index in [1.54, 1.807) is 0 Å². The maximum absolute atomic E-state index is 12.8. The van der Waals surface area contributed by atoms with Gasteiger partial charge in [-0.15, -0.1) is 0 Å². The van der Waals surface area contributed by atoms with E-state index >= 15 is 0 Å². The first kappa shape index (κ1) is 22.6. The molecule has 0 radical (unpaired) electrons. The number of hydrogen-bond acceptors (Lipinski definition) is 6. The van der Waals surface area contributed by atoms with Crippen LogP contribution in [0.4, 0.5) is 0 Å². The van der Waals surface area contributed by atoms with Crippen molar-refractivity contribution in [2.75, 3.05) is 52.5 Å². The molecule has 164 valence electrons. The number of sulfonamides is 2. The van der Waals surface area contributed by atoms with Crippen LogP contribution < -0.4 is 4.72 Å². The molecule has 2 aliphatic rings. The Morgan fingerprint density at radius 3 is 2.03 bits per heavy atom. The van der Waals surface area contributed by atoms with E-state index in [1.165, 1.54) is 28.6 Å². The molecule has 0 amide bonds. The van der Waals surface area contributed by atoms with Gasteiger partial charge in [-0.3, -0.25) is 4.90 Å². The van der Waals surface area contributed by atoms with Gasteiger partial charge in [0, 0.05) is 32.7 Å². The normalized spacial score (nSPS) is 20.4. The lowest BCUT2D eigenvalue weighted by Crippen LogP contribution is -2.38. The Bertz CT molecular complexity index is 842. The SMILES string of the molecule is O=S(=O)(NCCCN1CCOCC1)c1ccc(S(=O)(=O)N2CCCCCC2)cc1. The summed E-state index contributed by atoms with van der Waals surface area (Å²) < 4.78 is 60.0. The van der Waals surface area contributed by atoms with Gasteiger partial charge in [-0.05, 0) is 50.1 Å². The van der Waals surface area contributed by atoms with Gasteiger partial charge >= 0.3 is 0 Å². The fourth-order valence-electron chi connectivity index (χ4n) is 3.64. The Labute approximate surface area is 174 Å². The first-order valence-electron chi connectivity index (χ1n) is 10.3. The lowest BCUT2D eigenvalue weighted by atomic mass is 10.2. The fraction of sp³-hybridized carbons (Fsp3) is 0.684. The van der Waals surface area contributed by atoms with Crippen molar-refractivity contribution < 1.29 is 21.6 Å². The molecule has 0 aromatic heterocycles. The Balaban J connectivity index is 1.56. The van der Waals surface area contributed by atoms with Crippen LogP contribution in [0.25, 0.3) is 0 Å². The molecule has 10 heteroatoms. The predicted molar refractivity (Wildman–Crippen MR) is 111 cm³/mol. The third-order valence-electron chi connectivity index (χ3n) is 5.38. The number of hydrogen-bond donors (Lipinski definition) is 1. The second kappa shape index (κ2) is 10.3. The summed E-state index contributed by atoms with van der Waals surface area (Å²) in [5, 5.41) is 0. The molecule has 1 N–H and O–H groups in total. The van der Waals surface area contributed by atoms with E-state index in [-0.39, 0.29) is 9.79 Å². The maximum Gasteiger partial charge on any atom is 0.243 e. The van der Waals surface area contributed by atoms with Gasteiger partial charge in [0.05, 0.1) is 23.0 Å². The van der Waals surface area contributed by atoms with Gasteiger partial charge in [0.15, 0.2) is 0 Å². The number of nitrogens with zero attached hydrogens (tertiary/aromatic N) is 2. The third kappa shape index (κ3) is 6.22. The highest BCUT2D eigenvalue weighted by Crippen LogP contribution is 2.21. The van der Waals surface area contributed by atoms with Crippen LogP contribution in [0.1, 0.15) is 32.1 Å². The average molecular weight is 446 g/mol. The van der Waals surface area contributed by atoms with Crippen molar-refractivity contribution in [2.45, 2.75) is 41.9 Å². The second-order valence-electron chi connectivity index (χ2n) is 7.50. The van der Waals surface area contributed by atoms with E-state index in [9.17, 15) is 16.8 Å². The van der Waals surface area contributed by atoms with Crippen LogP contribution in [-0.2, 0) is 24.8 Å². The molecule has 0 spiro atoms. The Morgan fingerprint density at radius 2 is 1.41 bits per heavy atom. The van der Waals surface area contributed by atoms with E-state index in [4.69, 9.17) is 4.74 Å². The molecule has 3 rings (SSSR count). The van der Waals surface area contributed by atoms with Crippen molar-refractivity contribution in [2.24, 2.45) is 0 Å². The molecule has 2 saturated heterocycles. The lowest BCUT2D eigenvalue weighted by molar-refractivity contribution is 0.0376. The predicted octanol–water partition coefficient (Wildman–Crippen LogP) is 1.25. The van der Waals surface area contributed by atoms with E-state index in [1.807, 2.05) is 0 Å². The molecule has 2 fully saturated rings. The number of benzene rings is 1. The Morgan fingerprint density at radius 1 is 0.828 bits per heavy atom. The van der Waals surface area contributed by atoms with Crippen molar-refractivity contribution in [1.29, 1.82) is 0 Å². The first-order chi connectivity index (χ1) is 13.9. The van der Waals surface area contributed by atoms with Crippen LogP contribution in [0.2, 0.25) is 0 Å². The number of ether oxygens (including phenoxy) is 1. The molecular formula is C19H31N3O5S2. The second-order valence-corrected chi connectivity index (χ2v) is 11.2. The molecule has 1 aromatic carbocycles. The summed E-state index contributed by atoms with van der Waals surface area (Å²) in [5.41, 5.74) is 0. The zero-order valence-electron chi connectivity index (χ0n) is 16.8. The number of rotatable bonds is 8.